The number of benzene rings is 5. The van der Waals surface area contributed by atoms with Crippen molar-refractivity contribution in [3.8, 4) is 39.6 Å². The Balaban J connectivity index is 1.50. The fourth-order valence-corrected chi connectivity index (χ4v) is 6.72. The van der Waals surface area contributed by atoms with Crippen molar-refractivity contribution in [3.05, 3.63) is 139 Å². The largest absolute Gasteiger partial charge is 0.305 e. The molecular weight excluding hydrogens is 486 g/mol. The smallest absolute Gasteiger partial charge is 0.159 e. The number of aromatic nitrogens is 3. The number of para-hydroxylation sites is 1. The van der Waals surface area contributed by atoms with Crippen molar-refractivity contribution >= 4 is 21.7 Å². The highest BCUT2D eigenvalue weighted by molar-refractivity contribution is 6.05. The fraction of sp³-hybridized carbons (Fsp3) is 0.0811. The number of nitrogens with zero attached hydrogens (tertiary/aromatic N) is 3. The maximum atomic E-state index is 5.21. The Morgan fingerprint density at radius 1 is 0.600 bits per heavy atom. The van der Waals surface area contributed by atoms with Gasteiger partial charge in [0.05, 0.1) is 28.8 Å². The first kappa shape index (κ1) is 22.9. The minimum absolute atomic E-state index is 0.172. The van der Waals surface area contributed by atoms with E-state index >= 15 is 0 Å². The molecule has 0 radical (unpaired) electrons. The van der Waals surface area contributed by atoms with Gasteiger partial charge in [-0.15, -0.1) is 0 Å². The molecule has 0 aliphatic heterocycles. The van der Waals surface area contributed by atoms with Crippen LogP contribution in [-0.2, 0) is 5.41 Å². The van der Waals surface area contributed by atoms with Crippen molar-refractivity contribution in [3.63, 3.8) is 0 Å². The van der Waals surface area contributed by atoms with Gasteiger partial charge in [-0.25, -0.2) is 9.97 Å². The molecule has 1 aliphatic rings. The molecule has 0 spiro atoms. The highest BCUT2D eigenvalue weighted by atomic mass is 15.1. The maximum absolute atomic E-state index is 5.21. The highest BCUT2D eigenvalue weighted by Crippen LogP contribution is 2.55. The molecule has 2 aromatic heterocycles. The van der Waals surface area contributed by atoms with Crippen LogP contribution in [0.2, 0.25) is 0 Å². The van der Waals surface area contributed by atoms with Crippen molar-refractivity contribution < 1.29 is 0 Å². The van der Waals surface area contributed by atoms with Gasteiger partial charge < -0.3 is 4.57 Å². The van der Waals surface area contributed by atoms with Gasteiger partial charge in [0.2, 0.25) is 0 Å². The van der Waals surface area contributed by atoms with Gasteiger partial charge in [0, 0.05) is 27.5 Å². The van der Waals surface area contributed by atoms with Gasteiger partial charge in [0.25, 0.3) is 0 Å². The molecule has 0 N–H and O–H groups in total. The lowest BCUT2D eigenvalue weighted by atomic mass is 9.79. The van der Waals surface area contributed by atoms with E-state index in [2.05, 4.69) is 122 Å². The number of hydrogen-bond donors (Lipinski definition) is 0. The van der Waals surface area contributed by atoms with Crippen molar-refractivity contribution in [1.82, 2.24) is 14.5 Å². The Morgan fingerprint density at radius 3 is 2.02 bits per heavy atom. The van der Waals surface area contributed by atoms with E-state index in [9.17, 15) is 0 Å². The lowest BCUT2D eigenvalue weighted by molar-refractivity contribution is 0.672. The summed E-state index contributed by atoms with van der Waals surface area (Å²) in [5, 5.41) is 3.86. The number of fused-ring (bicyclic) bond motifs is 7. The van der Waals surface area contributed by atoms with Crippen LogP contribution in [-0.4, -0.2) is 14.5 Å². The van der Waals surface area contributed by atoms with E-state index in [1.807, 2.05) is 24.4 Å². The van der Waals surface area contributed by atoms with Gasteiger partial charge in [0.15, 0.2) is 5.82 Å². The van der Waals surface area contributed by atoms with E-state index in [-0.39, 0.29) is 5.41 Å². The van der Waals surface area contributed by atoms with Gasteiger partial charge in [-0.05, 0) is 28.0 Å². The summed E-state index contributed by atoms with van der Waals surface area (Å²) < 4.78 is 2.41. The molecule has 0 fully saturated rings. The van der Waals surface area contributed by atoms with Crippen molar-refractivity contribution in [1.29, 1.82) is 0 Å². The average Bonchev–Trinajstić information content (AvgIpc) is 3.48. The molecule has 0 bridgehead atoms. The van der Waals surface area contributed by atoms with E-state index in [0.29, 0.717) is 0 Å². The zero-order valence-corrected chi connectivity index (χ0v) is 22.5. The molecule has 0 atom stereocenters. The molecule has 0 amide bonds. The van der Waals surface area contributed by atoms with Crippen LogP contribution < -0.4 is 0 Å². The first-order valence-electron chi connectivity index (χ1n) is 13.8. The van der Waals surface area contributed by atoms with Crippen LogP contribution in [0.25, 0.3) is 61.3 Å². The van der Waals surface area contributed by atoms with Crippen LogP contribution in [0.15, 0.2) is 128 Å². The Hall–Kier alpha value is -5.02. The lowest BCUT2D eigenvalue weighted by Gasteiger charge is -2.23. The predicted molar refractivity (Wildman–Crippen MR) is 165 cm³/mol. The second kappa shape index (κ2) is 8.49. The first-order valence-corrected chi connectivity index (χ1v) is 13.8. The van der Waals surface area contributed by atoms with Crippen LogP contribution in [0.1, 0.15) is 25.0 Å². The summed E-state index contributed by atoms with van der Waals surface area (Å²) >= 11 is 0. The zero-order valence-electron chi connectivity index (χ0n) is 22.5. The molecular formula is C37H27N3. The van der Waals surface area contributed by atoms with E-state index < -0.39 is 0 Å². The lowest BCUT2D eigenvalue weighted by Crippen LogP contribution is -2.15. The Morgan fingerprint density at radius 2 is 1.25 bits per heavy atom. The highest BCUT2D eigenvalue weighted by Gasteiger charge is 2.42. The Bertz CT molecular complexity index is 2070. The second-order valence-corrected chi connectivity index (χ2v) is 11.1. The quantitative estimate of drug-likeness (QED) is 0.236. The van der Waals surface area contributed by atoms with Crippen LogP contribution in [0.5, 0.6) is 0 Å². The third kappa shape index (κ3) is 3.18. The summed E-state index contributed by atoms with van der Waals surface area (Å²) in [6.07, 6.45) is 2.01. The maximum Gasteiger partial charge on any atom is 0.159 e. The van der Waals surface area contributed by atoms with Crippen LogP contribution in [0, 0.1) is 0 Å². The van der Waals surface area contributed by atoms with Crippen LogP contribution in [0.4, 0.5) is 0 Å². The monoisotopic (exact) mass is 513 g/mol. The fourth-order valence-electron chi connectivity index (χ4n) is 6.72. The van der Waals surface area contributed by atoms with Crippen LogP contribution >= 0.6 is 0 Å². The summed E-state index contributed by atoms with van der Waals surface area (Å²) in [6.45, 7) is 4.74. The van der Waals surface area contributed by atoms with Crippen molar-refractivity contribution in [2.75, 3.05) is 0 Å². The standard InChI is InChI=1S/C37H27N3/c1-37(2)32-27-18-10-9-13-24(27)21-22-29(32)35-33(37)28-19-11-12-20-30(28)40(35)31-23-38-36(26-16-7-4-8-17-26)39-34(31)25-14-5-3-6-15-25/h3-23H,1-2H3. The summed E-state index contributed by atoms with van der Waals surface area (Å²) in [5.41, 5.74) is 10.2. The predicted octanol–water partition coefficient (Wildman–Crippen LogP) is 9.21. The van der Waals surface area contributed by atoms with E-state index in [4.69, 9.17) is 9.97 Å². The third-order valence-corrected chi connectivity index (χ3v) is 8.40. The van der Waals surface area contributed by atoms with Gasteiger partial charge in [-0.1, -0.05) is 129 Å². The van der Waals surface area contributed by atoms with Gasteiger partial charge in [-0.3, -0.25) is 0 Å². The molecule has 190 valence electrons. The summed E-state index contributed by atoms with van der Waals surface area (Å²) in [5.74, 6) is 0.725. The third-order valence-electron chi connectivity index (χ3n) is 8.40. The molecule has 0 unspecified atom stereocenters. The molecule has 8 rings (SSSR count). The SMILES string of the molecule is CC1(C)c2c(ccc3ccccc23)-c2c1c1ccccc1n2-c1cnc(-c2ccccc2)nc1-c1ccccc1. The van der Waals surface area contributed by atoms with Gasteiger partial charge in [-0.2, -0.15) is 0 Å². The minimum atomic E-state index is -0.172. The topological polar surface area (TPSA) is 30.7 Å². The first-order chi connectivity index (χ1) is 19.6. The Labute approximate surface area is 233 Å². The van der Waals surface area contributed by atoms with E-state index in [1.54, 1.807) is 0 Å². The molecule has 5 aromatic carbocycles. The normalized spacial score (nSPS) is 13.4. The summed E-state index contributed by atoms with van der Waals surface area (Å²) in [4.78, 5) is 10.1. The molecule has 3 nitrogen and oxygen atoms in total. The molecule has 0 saturated heterocycles. The second-order valence-electron chi connectivity index (χ2n) is 11.1. The summed E-state index contributed by atoms with van der Waals surface area (Å²) in [7, 11) is 0. The Kier molecular flexibility index (Phi) is 4.86. The number of hydrogen-bond acceptors (Lipinski definition) is 2. The molecule has 0 saturated carbocycles. The summed E-state index contributed by atoms with van der Waals surface area (Å²) in [6, 6.07) is 42.8. The number of rotatable bonds is 3. The zero-order chi connectivity index (χ0) is 26.8. The molecule has 7 aromatic rings. The molecule has 1 aliphatic carbocycles. The minimum Gasteiger partial charge on any atom is -0.305 e. The molecule has 3 heteroatoms. The average molecular weight is 514 g/mol. The van der Waals surface area contributed by atoms with Gasteiger partial charge in [0.1, 0.15) is 0 Å². The van der Waals surface area contributed by atoms with Crippen LogP contribution in [0.3, 0.4) is 0 Å². The van der Waals surface area contributed by atoms with E-state index in [0.717, 1.165) is 28.3 Å². The van der Waals surface area contributed by atoms with Crippen molar-refractivity contribution in [2.24, 2.45) is 0 Å². The van der Waals surface area contributed by atoms with E-state index in [1.165, 1.54) is 44.1 Å². The van der Waals surface area contributed by atoms with Gasteiger partial charge >= 0.3 is 0 Å². The molecule has 40 heavy (non-hydrogen) atoms. The van der Waals surface area contributed by atoms with Crippen molar-refractivity contribution in [2.45, 2.75) is 19.3 Å². The molecule has 2 heterocycles.